The maximum absolute atomic E-state index is 12.7. The summed E-state index contributed by atoms with van der Waals surface area (Å²) in [7, 11) is 0. The predicted molar refractivity (Wildman–Crippen MR) is 85.4 cm³/mol. The molecule has 3 rings (SSSR count). The van der Waals surface area contributed by atoms with Gasteiger partial charge in [0, 0.05) is 28.0 Å². The van der Waals surface area contributed by atoms with E-state index < -0.39 is 0 Å². The normalized spacial score (nSPS) is 13.9. The topological polar surface area (TPSA) is 34.1 Å². The molecule has 2 nitrogen and oxygen atoms in total. The maximum atomic E-state index is 12.7. The smallest absolute Gasteiger partial charge is 0.193 e. The number of rotatable bonds is 3. The molecule has 2 aromatic rings. The molecule has 2 aromatic carbocycles. The summed E-state index contributed by atoms with van der Waals surface area (Å²) in [5, 5.41) is 0. The van der Waals surface area contributed by atoms with Gasteiger partial charge in [0.15, 0.2) is 11.6 Å². The second-order valence-corrected chi connectivity index (χ2v) is 5.99. The third-order valence-corrected chi connectivity index (χ3v) is 4.66. The summed E-state index contributed by atoms with van der Waals surface area (Å²) in [6.45, 7) is 0. The molecular formula is C18H16O2S. The number of hydrogen-bond donors (Lipinski definition) is 0. The van der Waals surface area contributed by atoms with Crippen LogP contribution in [0, 0.1) is 0 Å². The highest BCUT2D eigenvalue weighted by atomic mass is 32.2. The Morgan fingerprint density at radius 2 is 1.81 bits per heavy atom. The van der Waals surface area contributed by atoms with E-state index in [0.29, 0.717) is 17.5 Å². The quantitative estimate of drug-likeness (QED) is 0.630. The van der Waals surface area contributed by atoms with Gasteiger partial charge in [0.05, 0.1) is 0 Å². The molecule has 0 atom stereocenters. The molecule has 0 spiro atoms. The number of carbonyl (C=O) groups is 2. The Hall–Kier alpha value is -1.87. The lowest BCUT2D eigenvalue weighted by Crippen LogP contribution is -2.17. The summed E-state index contributed by atoms with van der Waals surface area (Å²) >= 11 is 1.57. The summed E-state index contributed by atoms with van der Waals surface area (Å²) in [6.07, 6.45) is 4.20. The molecule has 0 aliphatic heterocycles. The van der Waals surface area contributed by atoms with Crippen molar-refractivity contribution >= 4 is 23.3 Å². The summed E-state index contributed by atoms with van der Waals surface area (Å²) in [5.74, 6) is 0.178. The van der Waals surface area contributed by atoms with Crippen molar-refractivity contribution in [3.8, 4) is 0 Å². The molecule has 1 aliphatic rings. The fourth-order valence-corrected chi connectivity index (χ4v) is 3.52. The molecule has 106 valence electrons. The van der Waals surface area contributed by atoms with Gasteiger partial charge < -0.3 is 0 Å². The van der Waals surface area contributed by atoms with Gasteiger partial charge in [-0.3, -0.25) is 9.59 Å². The Balaban J connectivity index is 2.14. The van der Waals surface area contributed by atoms with Gasteiger partial charge in [-0.05, 0) is 36.8 Å². The van der Waals surface area contributed by atoms with Crippen molar-refractivity contribution in [1.29, 1.82) is 0 Å². The first-order chi connectivity index (χ1) is 10.2. The van der Waals surface area contributed by atoms with Crippen molar-refractivity contribution in [3.05, 3.63) is 64.7 Å². The molecule has 0 amide bonds. The molecular weight excluding hydrogens is 280 g/mol. The van der Waals surface area contributed by atoms with Gasteiger partial charge in [-0.1, -0.05) is 30.3 Å². The SMILES string of the molecule is CSc1ccc(C(=O)c2ccccc2)c2c1C(=O)CCC2. The molecule has 21 heavy (non-hydrogen) atoms. The van der Waals surface area contributed by atoms with Crippen molar-refractivity contribution < 1.29 is 9.59 Å². The van der Waals surface area contributed by atoms with Gasteiger partial charge in [0.2, 0.25) is 0 Å². The lowest BCUT2D eigenvalue weighted by Gasteiger charge is -2.20. The molecule has 3 heteroatoms. The molecule has 0 N–H and O–H groups in total. The van der Waals surface area contributed by atoms with Crippen molar-refractivity contribution in [1.82, 2.24) is 0 Å². The highest BCUT2D eigenvalue weighted by molar-refractivity contribution is 7.98. The predicted octanol–water partition coefficient (Wildman–Crippen LogP) is 4.16. The van der Waals surface area contributed by atoms with Gasteiger partial charge in [0.25, 0.3) is 0 Å². The minimum absolute atomic E-state index is 0.00852. The van der Waals surface area contributed by atoms with Gasteiger partial charge >= 0.3 is 0 Å². The van der Waals surface area contributed by atoms with Crippen molar-refractivity contribution in [2.75, 3.05) is 6.26 Å². The Morgan fingerprint density at radius 3 is 2.52 bits per heavy atom. The third kappa shape index (κ3) is 2.54. The minimum atomic E-state index is 0.00852. The van der Waals surface area contributed by atoms with Crippen LogP contribution in [0.25, 0.3) is 0 Å². The number of Topliss-reactive ketones (excluding diaryl/α,β-unsaturated/α-hetero) is 1. The fraction of sp³-hybridized carbons (Fsp3) is 0.222. The zero-order valence-electron chi connectivity index (χ0n) is 11.9. The average Bonchev–Trinajstić information content (AvgIpc) is 2.54. The molecule has 0 bridgehead atoms. The van der Waals surface area contributed by atoms with Crippen molar-refractivity contribution in [2.45, 2.75) is 24.2 Å². The Labute approximate surface area is 128 Å². The van der Waals surface area contributed by atoms with Crippen LogP contribution in [0.4, 0.5) is 0 Å². The Kier molecular flexibility index (Phi) is 3.93. The summed E-state index contributed by atoms with van der Waals surface area (Å²) in [6, 6.07) is 13.0. The van der Waals surface area contributed by atoms with Crippen LogP contribution in [0.5, 0.6) is 0 Å². The average molecular weight is 296 g/mol. The standard InChI is InChI=1S/C18H16O2S/c1-21-16-11-10-14(13-8-5-9-15(19)17(13)16)18(20)12-6-3-2-4-7-12/h2-4,6-7,10-11H,5,8-9H2,1H3. The molecule has 0 fully saturated rings. The Bertz CT molecular complexity index is 705. The van der Waals surface area contributed by atoms with Crippen LogP contribution in [0.3, 0.4) is 0 Å². The summed E-state index contributed by atoms with van der Waals surface area (Å²) in [5.41, 5.74) is 3.07. The Morgan fingerprint density at radius 1 is 1.05 bits per heavy atom. The minimum Gasteiger partial charge on any atom is -0.294 e. The molecule has 0 saturated heterocycles. The van der Waals surface area contributed by atoms with Crippen LogP contribution < -0.4 is 0 Å². The largest absolute Gasteiger partial charge is 0.294 e. The van der Waals surface area contributed by atoms with Crippen LogP contribution in [0.15, 0.2) is 47.4 Å². The van der Waals surface area contributed by atoms with Gasteiger partial charge in [0.1, 0.15) is 0 Å². The van der Waals surface area contributed by atoms with Crippen molar-refractivity contribution in [3.63, 3.8) is 0 Å². The van der Waals surface area contributed by atoms with Crippen LogP contribution in [-0.4, -0.2) is 17.8 Å². The lowest BCUT2D eigenvalue weighted by molar-refractivity contribution is 0.0969. The van der Waals surface area contributed by atoms with E-state index in [2.05, 4.69) is 0 Å². The van der Waals surface area contributed by atoms with Crippen LogP contribution in [0.2, 0.25) is 0 Å². The number of ketones is 2. The highest BCUT2D eigenvalue weighted by Crippen LogP contribution is 2.33. The summed E-state index contributed by atoms with van der Waals surface area (Å²) < 4.78 is 0. The molecule has 1 aliphatic carbocycles. The van der Waals surface area contributed by atoms with E-state index in [1.165, 1.54) is 0 Å². The number of thioether (sulfide) groups is 1. The summed E-state index contributed by atoms with van der Waals surface area (Å²) in [4.78, 5) is 25.9. The van der Waals surface area contributed by atoms with E-state index in [-0.39, 0.29) is 11.6 Å². The maximum Gasteiger partial charge on any atom is 0.193 e. The van der Waals surface area contributed by atoms with E-state index in [1.54, 1.807) is 11.8 Å². The molecule has 0 aromatic heterocycles. The number of benzene rings is 2. The zero-order chi connectivity index (χ0) is 14.8. The first-order valence-corrected chi connectivity index (χ1v) is 8.27. The third-order valence-electron chi connectivity index (χ3n) is 3.88. The van der Waals surface area contributed by atoms with E-state index in [9.17, 15) is 9.59 Å². The van der Waals surface area contributed by atoms with Gasteiger partial charge in [-0.2, -0.15) is 0 Å². The number of carbonyl (C=O) groups excluding carboxylic acids is 2. The van der Waals surface area contributed by atoms with E-state index in [4.69, 9.17) is 0 Å². The van der Waals surface area contributed by atoms with Crippen LogP contribution >= 0.6 is 11.8 Å². The van der Waals surface area contributed by atoms with Crippen LogP contribution in [-0.2, 0) is 6.42 Å². The fourth-order valence-electron chi connectivity index (χ4n) is 2.87. The van der Waals surface area contributed by atoms with Crippen LogP contribution in [0.1, 0.15) is 44.7 Å². The first kappa shape index (κ1) is 14.1. The molecule has 0 radical (unpaired) electrons. The zero-order valence-corrected chi connectivity index (χ0v) is 12.7. The van der Waals surface area contributed by atoms with E-state index in [0.717, 1.165) is 28.9 Å². The monoisotopic (exact) mass is 296 g/mol. The van der Waals surface area contributed by atoms with E-state index >= 15 is 0 Å². The van der Waals surface area contributed by atoms with Gasteiger partial charge in [-0.15, -0.1) is 11.8 Å². The number of hydrogen-bond acceptors (Lipinski definition) is 3. The molecule has 0 saturated carbocycles. The van der Waals surface area contributed by atoms with E-state index in [1.807, 2.05) is 48.7 Å². The first-order valence-electron chi connectivity index (χ1n) is 7.05. The van der Waals surface area contributed by atoms with Crippen molar-refractivity contribution in [2.24, 2.45) is 0 Å². The molecule has 0 heterocycles. The molecule has 0 unspecified atom stereocenters. The second-order valence-electron chi connectivity index (χ2n) is 5.14. The number of fused-ring (bicyclic) bond motifs is 1. The van der Waals surface area contributed by atoms with Gasteiger partial charge in [-0.25, -0.2) is 0 Å². The lowest BCUT2D eigenvalue weighted by atomic mass is 9.85. The second kappa shape index (κ2) is 5.86. The highest BCUT2D eigenvalue weighted by Gasteiger charge is 2.25.